The lowest BCUT2D eigenvalue weighted by Crippen LogP contribution is -2.42. The summed E-state index contributed by atoms with van der Waals surface area (Å²) < 4.78 is 33.7. The molecule has 0 radical (unpaired) electrons. The number of benzene rings is 3. The number of methoxy groups -OCH3 is 1. The molecule has 0 amide bonds. The van der Waals surface area contributed by atoms with Crippen LogP contribution >= 0.6 is 11.6 Å². The Kier molecular flexibility index (Phi) is 5.02. The van der Waals surface area contributed by atoms with E-state index < -0.39 is 16.2 Å². The number of sulfonamides is 1. The van der Waals surface area contributed by atoms with Crippen LogP contribution in [0.2, 0.25) is 5.02 Å². The first-order chi connectivity index (χ1) is 13.5. The molecule has 1 N–H and O–H groups in total. The average Bonchev–Trinajstić information content (AvgIpc) is 2.71. The zero-order valence-electron chi connectivity index (χ0n) is 15.2. The van der Waals surface area contributed by atoms with Crippen LogP contribution in [-0.2, 0) is 16.6 Å². The molecule has 0 fully saturated rings. The molecule has 1 atom stereocenters. The van der Waals surface area contributed by atoms with Crippen molar-refractivity contribution >= 4 is 27.3 Å². The van der Waals surface area contributed by atoms with Gasteiger partial charge >= 0.3 is 0 Å². The molecule has 1 heterocycles. The number of para-hydroxylation sites is 1. The Bertz CT molecular complexity index is 1120. The van der Waals surface area contributed by atoms with Gasteiger partial charge in [-0.2, -0.15) is 4.31 Å². The van der Waals surface area contributed by atoms with Crippen molar-refractivity contribution in [3.63, 3.8) is 0 Å². The van der Waals surface area contributed by atoms with Gasteiger partial charge in [0.25, 0.3) is 0 Å². The third kappa shape index (κ3) is 3.35. The Hall–Kier alpha value is -2.54. The van der Waals surface area contributed by atoms with E-state index in [0.29, 0.717) is 22.0 Å². The molecule has 0 saturated carbocycles. The van der Waals surface area contributed by atoms with Gasteiger partial charge in [0.2, 0.25) is 10.0 Å². The lowest BCUT2D eigenvalue weighted by Gasteiger charge is -2.37. The molecule has 1 unspecified atom stereocenters. The van der Waals surface area contributed by atoms with Crippen LogP contribution in [0.25, 0.3) is 0 Å². The third-order valence-electron chi connectivity index (χ3n) is 4.73. The topological polar surface area (TPSA) is 58.6 Å². The average molecular weight is 415 g/mol. The number of ether oxygens (including phenoxy) is 1. The number of rotatable bonds is 4. The molecule has 0 bridgehead atoms. The van der Waals surface area contributed by atoms with Gasteiger partial charge in [0.15, 0.2) is 0 Å². The predicted octanol–water partition coefficient (Wildman–Crippen LogP) is 4.66. The summed E-state index contributed by atoms with van der Waals surface area (Å²) in [5.41, 5.74) is 2.08. The smallest absolute Gasteiger partial charge is 0.247 e. The number of nitrogens with one attached hydrogen (secondary N) is 1. The van der Waals surface area contributed by atoms with E-state index in [4.69, 9.17) is 16.3 Å². The molecule has 1 aliphatic rings. The summed E-state index contributed by atoms with van der Waals surface area (Å²) in [5, 5.41) is 3.84. The number of hydrogen-bond donors (Lipinski definition) is 1. The van der Waals surface area contributed by atoms with Gasteiger partial charge in [-0.25, -0.2) is 8.42 Å². The lowest BCUT2D eigenvalue weighted by molar-refractivity contribution is 0.335. The molecule has 28 heavy (non-hydrogen) atoms. The van der Waals surface area contributed by atoms with E-state index in [1.807, 2.05) is 48.5 Å². The number of halogens is 1. The van der Waals surface area contributed by atoms with Gasteiger partial charge in [-0.3, -0.25) is 0 Å². The summed E-state index contributed by atoms with van der Waals surface area (Å²) in [5.74, 6) is 0.676. The SMILES string of the molecule is COc1cccc(CN2C(c3ccccc3Cl)Nc3ccccc3S2(=O)=O)c1. The Labute approximate surface area is 169 Å². The largest absolute Gasteiger partial charge is 0.497 e. The molecular formula is C21H19ClN2O3S. The molecule has 0 spiro atoms. The molecular weight excluding hydrogens is 396 g/mol. The minimum atomic E-state index is -3.74. The second-order valence-corrected chi connectivity index (χ2v) is 8.73. The zero-order chi connectivity index (χ0) is 19.7. The summed E-state index contributed by atoms with van der Waals surface area (Å²) in [4.78, 5) is 0.251. The van der Waals surface area contributed by atoms with Crippen LogP contribution in [-0.4, -0.2) is 19.8 Å². The van der Waals surface area contributed by atoms with Crippen LogP contribution in [0.3, 0.4) is 0 Å². The number of anilines is 1. The Morgan fingerprint density at radius 1 is 1.04 bits per heavy atom. The minimum Gasteiger partial charge on any atom is -0.497 e. The molecule has 7 heteroatoms. The predicted molar refractivity (Wildman–Crippen MR) is 110 cm³/mol. The summed E-state index contributed by atoms with van der Waals surface area (Å²) in [6, 6.07) is 21.5. The van der Waals surface area contributed by atoms with Crippen molar-refractivity contribution in [1.29, 1.82) is 0 Å². The maximum Gasteiger partial charge on any atom is 0.247 e. The summed E-state index contributed by atoms with van der Waals surface area (Å²) >= 11 is 6.41. The molecule has 1 aliphatic heterocycles. The van der Waals surface area contributed by atoms with E-state index in [9.17, 15) is 8.42 Å². The summed E-state index contributed by atoms with van der Waals surface area (Å²) in [7, 11) is -2.16. The van der Waals surface area contributed by atoms with Gasteiger partial charge in [0, 0.05) is 17.1 Å². The molecule has 4 rings (SSSR count). The fourth-order valence-electron chi connectivity index (χ4n) is 3.35. The van der Waals surface area contributed by atoms with E-state index >= 15 is 0 Å². The third-order valence-corrected chi connectivity index (χ3v) is 6.94. The van der Waals surface area contributed by atoms with Crippen molar-refractivity contribution in [3.05, 3.63) is 88.9 Å². The zero-order valence-corrected chi connectivity index (χ0v) is 16.7. The van der Waals surface area contributed by atoms with Crippen molar-refractivity contribution < 1.29 is 13.2 Å². The highest BCUT2D eigenvalue weighted by Gasteiger charge is 2.39. The molecule has 0 aliphatic carbocycles. The van der Waals surface area contributed by atoms with Crippen LogP contribution < -0.4 is 10.1 Å². The fourth-order valence-corrected chi connectivity index (χ4v) is 5.26. The Morgan fingerprint density at radius 3 is 2.57 bits per heavy atom. The van der Waals surface area contributed by atoms with Gasteiger partial charge in [0.1, 0.15) is 16.8 Å². The first-order valence-electron chi connectivity index (χ1n) is 8.75. The molecule has 5 nitrogen and oxygen atoms in total. The first-order valence-corrected chi connectivity index (χ1v) is 10.6. The summed E-state index contributed by atoms with van der Waals surface area (Å²) in [6.07, 6.45) is -0.625. The molecule has 3 aromatic carbocycles. The van der Waals surface area contributed by atoms with Gasteiger partial charge in [0.05, 0.1) is 12.8 Å². The van der Waals surface area contributed by atoms with Crippen LogP contribution in [0, 0.1) is 0 Å². The van der Waals surface area contributed by atoms with E-state index in [0.717, 1.165) is 5.56 Å². The Morgan fingerprint density at radius 2 is 1.79 bits per heavy atom. The van der Waals surface area contributed by atoms with Crippen molar-refractivity contribution in [3.8, 4) is 5.75 Å². The molecule has 144 valence electrons. The normalized spacial score (nSPS) is 18.1. The first kappa shape index (κ1) is 18.8. The molecule has 3 aromatic rings. The van der Waals surface area contributed by atoms with Crippen LogP contribution in [0.5, 0.6) is 5.75 Å². The van der Waals surface area contributed by atoms with Crippen LogP contribution in [0.4, 0.5) is 5.69 Å². The minimum absolute atomic E-state index is 0.177. The lowest BCUT2D eigenvalue weighted by atomic mass is 10.1. The van der Waals surface area contributed by atoms with E-state index in [2.05, 4.69) is 5.32 Å². The standard InChI is InChI=1S/C21H19ClN2O3S/c1-27-16-8-6-7-15(13-16)14-24-21(17-9-2-3-10-18(17)22)23-19-11-4-5-12-20(19)28(24,25)26/h2-13,21,23H,14H2,1H3. The van der Waals surface area contributed by atoms with Crippen molar-refractivity contribution in [2.75, 3.05) is 12.4 Å². The highest BCUT2D eigenvalue weighted by atomic mass is 35.5. The maximum absolute atomic E-state index is 13.5. The van der Waals surface area contributed by atoms with E-state index in [-0.39, 0.29) is 11.4 Å². The van der Waals surface area contributed by atoms with Crippen molar-refractivity contribution in [1.82, 2.24) is 4.31 Å². The monoisotopic (exact) mass is 414 g/mol. The highest BCUT2D eigenvalue weighted by Crippen LogP contribution is 2.40. The van der Waals surface area contributed by atoms with Crippen molar-refractivity contribution in [2.24, 2.45) is 0 Å². The quantitative estimate of drug-likeness (QED) is 0.674. The fraction of sp³-hybridized carbons (Fsp3) is 0.143. The number of nitrogens with zero attached hydrogens (tertiary/aromatic N) is 1. The van der Waals surface area contributed by atoms with Gasteiger partial charge in [-0.15, -0.1) is 0 Å². The number of hydrogen-bond acceptors (Lipinski definition) is 4. The molecule has 0 aromatic heterocycles. The van der Waals surface area contributed by atoms with E-state index in [1.54, 1.807) is 31.4 Å². The Balaban J connectivity index is 1.84. The molecule has 0 saturated heterocycles. The van der Waals surface area contributed by atoms with Crippen molar-refractivity contribution in [2.45, 2.75) is 17.6 Å². The number of fused-ring (bicyclic) bond motifs is 1. The van der Waals surface area contributed by atoms with Crippen LogP contribution in [0.1, 0.15) is 17.3 Å². The van der Waals surface area contributed by atoms with Gasteiger partial charge < -0.3 is 10.1 Å². The van der Waals surface area contributed by atoms with Gasteiger partial charge in [-0.05, 0) is 35.9 Å². The van der Waals surface area contributed by atoms with E-state index in [1.165, 1.54) is 4.31 Å². The second kappa shape index (κ2) is 7.47. The maximum atomic E-state index is 13.5. The van der Waals surface area contributed by atoms with Gasteiger partial charge in [-0.1, -0.05) is 54.1 Å². The van der Waals surface area contributed by atoms with Crippen LogP contribution in [0.15, 0.2) is 77.7 Å². The second-order valence-electron chi connectivity index (χ2n) is 6.47. The highest BCUT2D eigenvalue weighted by molar-refractivity contribution is 7.89. The summed E-state index contributed by atoms with van der Waals surface area (Å²) in [6.45, 7) is 0.177.